The van der Waals surface area contributed by atoms with Gasteiger partial charge in [-0.3, -0.25) is 0 Å². The number of unbranched alkanes of at least 4 members (excludes halogenated alkanes) is 1. The van der Waals surface area contributed by atoms with E-state index in [2.05, 4.69) is 47.1 Å². The molecule has 0 aliphatic heterocycles. The molecule has 0 atom stereocenters. The third kappa shape index (κ3) is 2.88. The fourth-order valence-corrected chi connectivity index (χ4v) is 2.30. The second-order valence-corrected chi connectivity index (χ2v) is 5.17. The Morgan fingerprint density at radius 2 is 2.19 bits per heavy atom. The van der Waals surface area contributed by atoms with Crippen molar-refractivity contribution in [2.75, 3.05) is 6.61 Å². The molecule has 1 aliphatic rings. The molecule has 0 saturated carbocycles. The third-order valence-electron chi connectivity index (χ3n) is 2.83. The van der Waals surface area contributed by atoms with Crippen LogP contribution in [0.5, 0.6) is 5.75 Å². The number of rotatable bonds is 4. The summed E-state index contributed by atoms with van der Waals surface area (Å²) in [6.07, 6.45) is 6.72. The first-order valence-electron chi connectivity index (χ1n) is 5.91. The van der Waals surface area contributed by atoms with Gasteiger partial charge in [-0.05, 0) is 53.1 Å². The number of hydrogen-bond acceptors (Lipinski definition) is 1. The highest BCUT2D eigenvalue weighted by Gasteiger charge is 2.09. The minimum Gasteiger partial charge on any atom is -0.494 e. The molecule has 0 amide bonds. The molecular formula is C14H17BrO. The van der Waals surface area contributed by atoms with Crippen LogP contribution in [-0.2, 0) is 6.42 Å². The summed E-state index contributed by atoms with van der Waals surface area (Å²) in [5.41, 5.74) is 2.72. The summed E-state index contributed by atoms with van der Waals surface area (Å²) in [4.78, 5) is 0. The largest absolute Gasteiger partial charge is 0.494 e. The molecule has 1 aromatic rings. The summed E-state index contributed by atoms with van der Waals surface area (Å²) in [7, 11) is 0. The van der Waals surface area contributed by atoms with Crippen molar-refractivity contribution >= 4 is 22.0 Å². The lowest BCUT2D eigenvalue weighted by Gasteiger charge is -2.14. The Labute approximate surface area is 106 Å². The second kappa shape index (κ2) is 5.53. The van der Waals surface area contributed by atoms with Crippen LogP contribution in [0.15, 0.2) is 22.7 Å². The molecule has 0 unspecified atom stereocenters. The predicted molar refractivity (Wildman–Crippen MR) is 72.1 cm³/mol. The molecule has 1 aromatic carbocycles. The molecule has 0 aromatic heterocycles. The number of benzene rings is 1. The van der Waals surface area contributed by atoms with Crippen LogP contribution >= 0.6 is 15.9 Å². The molecule has 0 heterocycles. The maximum Gasteiger partial charge on any atom is 0.119 e. The van der Waals surface area contributed by atoms with Crippen molar-refractivity contribution < 1.29 is 4.74 Å². The van der Waals surface area contributed by atoms with Crippen molar-refractivity contribution in [3.63, 3.8) is 0 Å². The highest BCUT2D eigenvalue weighted by Crippen LogP contribution is 2.29. The average molecular weight is 281 g/mol. The SMILES string of the molecule is CCCCOc1ccc2c(c1)CCC(Br)=C2. The molecule has 0 bridgehead atoms. The van der Waals surface area contributed by atoms with Crippen LogP contribution < -0.4 is 4.74 Å². The molecule has 1 nitrogen and oxygen atoms in total. The Hall–Kier alpha value is -0.760. The number of hydrogen-bond donors (Lipinski definition) is 0. The van der Waals surface area contributed by atoms with Crippen LogP contribution in [-0.4, -0.2) is 6.61 Å². The number of ether oxygens (including phenoxy) is 1. The Balaban J connectivity index is 2.08. The van der Waals surface area contributed by atoms with Gasteiger partial charge in [-0.15, -0.1) is 0 Å². The monoisotopic (exact) mass is 280 g/mol. The molecule has 0 radical (unpaired) electrons. The van der Waals surface area contributed by atoms with Gasteiger partial charge >= 0.3 is 0 Å². The molecule has 2 rings (SSSR count). The van der Waals surface area contributed by atoms with Gasteiger partial charge in [0, 0.05) is 0 Å². The highest BCUT2D eigenvalue weighted by molar-refractivity contribution is 9.11. The molecule has 0 N–H and O–H groups in total. The van der Waals surface area contributed by atoms with E-state index in [1.165, 1.54) is 22.0 Å². The highest BCUT2D eigenvalue weighted by atomic mass is 79.9. The van der Waals surface area contributed by atoms with Gasteiger partial charge in [0.15, 0.2) is 0 Å². The van der Waals surface area contributed by atoms with Crippen LogP contribution in [0.2, 0.25) is 0 Å². The van der Waals surface area contributed by atoms with Crippen LogP contribution in [0.1, 0.15) is 37.3 Å². The van der Waals surface area contributed by atoms with Gasteiger partial charge in [-0.1, -0.05) is 35.3 Å². The quantitative estimate of drug-likeness (QED) is 0.736. The van der Waals surface area contributed by atoms with Gasteiger partial charge < -0.3 is 4.74 Å². The maximum absolute atomic E-state index is 5.71. The molecule has 16 heavy (non-hydrogen) atoms. The molecule has 0 saturated heterocycles. The molecule has 0 spiro atoms. The van der Waals surface area contributed by atoms with E-state index in [0.29, 0.717) is 0 Å². The van der Waals surface area contributed by atoms with E-state index in [-0.39, 0.29) is 0 Å². The van der Waals surface area contributed by atoms with Crippen LogP contribution in [0, 0.1) is 0 Å². The van der Waals surface area contributed by atoms with Gasteiger partial charge in [0.2, 0.25) is 0 Å². The first kappa shape index (κ1) is 11.7. The minimum atomic E-state index is 0.828. The lowest BCUT2D eigenvalue weighted by atomic mass is 9.97. The van der Waals surface area contributed by atoms with Crippen molar-refractivity contribution in [3.05, 3.63) is 33.8 Å². The zero-order valence-electron chi connectivity index (χ0n) is 9.63. The summed E-state index contributed by atoms with van der Waals surface area (Å²) in [6.45, 7) is 3.01. The van der Waals surface area contributed by atoms with Gasteiger partial charge in [0.05, 0.1) is 6.61 Å². The van der Waals surface area contributed by atoms with Gasteiger partial charge in [-0.25, -0.2) is 0 Å². The van der Waals surface area contributed by atoms with Crippen molar-refractivity contribution in [1.82, 2.24) is 0 Å². The second-order valence-electron chi connectivity index (χ2n) is 4.15. The van der Waals surface area contributed by atoms with Crippen LogP contribution in [0.25, 0.3) is 6.08 Å². The molecular weight excluding hydrogens is 264 g/mol. The molecule has 1 aliphatic carbocycles. The fraction of sp³-hybridized carbons (Fsp3) is 0.429. The van der Waals surface area contributed by atoms with Crippen LogP contribution in [0.4, 0.5) is 0 Å². The molecule has 2 heteroatoms. The topological polar surface area (TPSA) is 9.23 Å². The first-order chi connectivity index (χ1) is 7.79. The third-order valence-corrected chi connectivity index (χ3v) is 3.45. The van der Waals surface area contributed by atoms with Crippen LogP contribution in [0.3, 0.4) is 0 Å². The van der Waals surface area contributed by atoms with E-state index in [9.17, 15) is 0 Å². The lowest BCUT2D eigenvalue weighted by Crippen LogP contribution is -2.00. The number of allylic oxidation sites excluding steroid dienone is 1. The normalized spacial score (nSPS) is 14.2. The van der Waals surface area contributed by atoms with E-state index in [0.717, 1.165) is 31.6 Å². The van der Waals surface area contributed by atoms with E-state index in [1.807, 2.05) is 0 Å². The van der Waals surface area contributed by atoms with Crippen molar-refractivity contribution in [3.8, 4) is 5.75 Å². The molecule has 0 fully saturated rings. The number of fused-ring (bicyclic) bond motifs is 1. The van der Waals surface area contributed by atoms with E-state index in [4.69, 9.17) is 4.74 Å². The maximum atomic E-state index is 5.71. The Kier molecular flexibility index (Phi) is 4.05. The van der Waals surface area contributed by atoms with Gasteiger partial charge in [0.1, 0.15) is 5.75 Å². The standard InChI is InChI=1S/C14H17BrO/c1-2-3-8-16-14-7-5-11-9-13(15)6-4-12(11)10-14/h5,7,9-10H,2-4,6,8H2,1H3. The van der Waals surface area contributed by atoms with E-state index < -0.39 is 0 Å². The average Bonchev–Trinajstić information content (AvgIpc) is 2.29. The Morgan fingerprint density at radius 3 is 3.00 bits per heavy atom. The Morgan fingerprint density at radius 1 is 1.31 bits per heavy atom. The number of halogens is 1. The van der Waals surface area contributed by atoms with Crippen molar-refractivity contribution in [2.45, 2.75) is 32.6 Å². The zero-order valence-corrected chi connectivity index (χ0v) is 11.2. The predicted octanol–water partition coefficient (Wildman–Crippen LogP) is 4.55. The molecule has 86 valence electrons. The summed E-state index contributed by atoms with van der Waals surface area (Å²) >= 11 is 3.56. The summed E-state index contributed by atoms with van der Waals surface area (Å²) < 4.78 is 7.00. The Bertz CT molecular complexity index is 396. The lowest BCUT2D eigenvalue weighted by molar-refractivity contribution is 0.309. The summed E-state index contributed by atoms with van der Waals surface area (Å²) in [5, 5.41) is 0. The fourth-order valence-electron chi connectivity index (χ4n) is 1.86. The zero-order chi connectivity index (χ0) is 11.4. The van der Waals surface area contributed by atoms with Crippen molar-refractivity contribution in [1.29, 1.82) is 0 Å². The minimum absolute atomic E-state index is 0.828. The van der Waals surface area contributed by atoms with Gasteiger partial charge in [0.25, 0.3) is 0 Å². The number of aryl methyl sites for hydroxylation is 1. The smallest absolute Gasteiger partial charge is 0.119 e. The summed E-state index contributed by atoms with van der Waals surface area (Å²) in [6, 6.07) is 6.40. The van der Waals surface area contributed by atoms with Gasteiger partial charge in [-0.2, -0.15) is 0 Å². The first-order valence-corrected chi connectivity index (χ1v) is 6.70. The van der Waals surface area contributed by atoms with E-state index >= 15 is 0 Å². The van der Waals surface area contributed by atoms with E-state index in [1.54, 1.807) is 0 Å². The van der Waals surface area contributed by atoms with Crippen molar-refractivity contribution in [2.24, 2.45) is 0 Å². The summed E-state index contributed by atoms with van der Waals surface area (Å²) in [5.74, 6) is 1.01.